The number of sulfonamides is 1. The van der Waals surface area contributed by atoms with Crippen LogP contribution >= 0.6 is 0 Å². The van der Waals surface area contributed by atoms with Gasteiger partial charge >= 0.3 is 6.09 Å². The number of nitrogens with zero attached hydrogens (tertiary/aromatic N) is 2. The van der Waals surface area contributed by atoms with Gasteiger partial charge in [0, 0.05) is 30.5 Å². The van der Waals surface area contributed by atoms with Crippen molar-refractivity contribution < 1.29 is 22.7 Å². The molecule has 1 fully saturated rings. The molecule has 1 saturated heterocycles. The van der Waals surface area contributed by atoms with E-state index < -0.39 is 27.3 Å². The second-order valence-corrected chi connectivity index (χ2v) is 12.0. The lowest BCUT2D eigenvalue weighted by Crippen LogP contribution is -2.47. The molecular formula is C31H33N3O5S. The van der Waals surface area contributed by atoms with Gasteiger partial charge in [-0.3, -0.25) is 4.79 Å². The fourth-order valence-electron chi connectivity index (χ4n) is 5.15. The van der Waals surface area contributed by atoms with E-state index in [0.717, 1.165) is 29.3 Å². The fraction of sp³-hybridized carbons (Fsp3) is 0.290. The van der Waals surface area contributed by atoms with Crippen LogP contribution in [0.5, 0.6) is 0 Å². The number of benzene rings is 3. The molecule has 0 saturated carbocycles. The predicted octanol–water partition coefficient (Wildman–Crippen LogP) is 5.13. The quantitative estimate of drug-likeness (QED) is 0.307. The van der Waals surface area contributed by atoms with E-state index in [4.69, 9.17) is 4.74 Å². The maximum absolute atomic E-state index is 13.3. The number of hydrogen-bond acceptors (Lipinski definition) is 5. The Labute approximate surface area is 234 Å². The van der Waals surface area contributed by atoms with Gasteiger partial charge in [-0.25, -0.2) is 17.9 Å². The zero-order valence-corrected chi connectivity index (χ0v) is 23.1. The monoisotopic (exact) mass is 559 g/mol. The lowest BCUT2D eigenvalue weighted by atomic mass is 10.1. The summed E-state index contributed by atoms with van der Waals surface area (Å²) >= 11 is 0. The largest absolute Gasteiger partial charge is 0.445 e. The topological polar surface area (TPSA) is 97.7 Å². The minimum absolute atomic E-state index is 0.160. The van der Waals surface area contributed by atoms with Crippen LogP contribution in [-0.4, -0.2) is 48.2 Å². The van der Waals surface area contributed by atoms with Crippen molar-refractivity contribution in [1.29, 1.82) is 0 Å². The van der Waals surface area contributed by atoms with Crippen molar-refractivity contribution in [2.75, 3.05) is 13.1 Å². The number of nitrogens with one attached hydrogen (secondary N) is 1. The number of amides is 2. The molecule has 0 spiro atoms. The highest BCUT2D eigenvalue weighted by Crippen LogP contribution is 2.23. The number of rotatable bonds is 9. The van der Waals surface area contributed by atoms with Gasteiger partial charge in [0.1, 0.15) is 12.3 Å². The first-order valence-corrected chi connectivity index (χ1v) is 15.1. The first-order valence-electron chi connectivity index (χ1n) is 13.5. The van der Waals surface area contributed by atoms with Gasteiger partial charge in [0.05, 0.1) is 5.25 Å². The molecular weight excluding hydrogens is 526 g/mol. The smallest absolute Gasteiger partial charge is 0.410 e. The second kappa shape index (κ2) is 12.4. The predicted molar refractivity (Wildman–Crippen MR) is 154 cm³/mol. The molecule has 0 radical (unpaired) electrons. The van der Waals surface area contributed by atoms with Crippen LogP contribution in [0.1, 0.15) is 40.9 Å². The average molecular weight is 560 g/mol. The van der Waals surface area contributed by atoms with Crippen molar-refractivity contribution >= 4 is 32.9 Å². The maximum atomic E-state index is 13.3. The number of aromatic nitrogens is 1. The lowest BCUT2D eigenvalue weighted by Gasteiger charge is -2.31. The van der Waals surface area contributed by atoms with Gasteiger partial charge in [0.2, 0.25) is 10.0 Å². The van der Waals surface area contributed by atoms with Crippen LogP contribution in [-0.2, 0) is 34.3 Å². The summed E-state index contributed by atoms with van der Waals surface area (Å²) in [7, 11) is -3.94. The average Bonchev–Trinajstić information content (AvgIpc) is 3.36. The van der Waals surface area contributed by atoms with Crippen molar-refractivity contribution in [3.63, 3.8) is 0 Å². The highest BCUT2D eigenvalue weighted by molar-refractivity contribution is 7.90. The van der Waals surface area contributed by atoms with Crippen LogP contribution in [0.15, 0.2) is 91.0 Å². The minimum Gasteiger partial charge on any atom is -0.445 e. The van der Waals surface area contributed by atoms with Gasteiger partial charge in [-0.2, -0.15) is 0 Å². The molecule has 3 aromatic carbocycles. The zero-order valence-electron chi connectivity index (χ0n) is 22.2. The number of hydrogen-bond donors (Lipinski definition) is 1. The Morgan fingerprint density at radius 2 is 1.48 bits per heavy atom. The molecule has 0 aliphatic carbocycles. The van der Waals surface area contributed by atoms with Crippen LogP contribution < -0.4 is 4.72 Å². The number of piperidine rings is 1. The minimum atomic E-state index is -3.94. The van der Waals surface area contributed by atoms with E-state index in [1.165, 1.54) is 10.5 Å². The van der Waals surface area contributed by atoms with E-state index in [0.29, 0.717) is 12.2 Å². The summed E-state index contributed by atoms with van der Waals surface area (Å²) in [6.45, 7) is 1.22. The van der Waals surface area contributed by atoms with Gasteiger partial charge in [0.15, 0.2) is 0 Å². The SMILES string of the molecule is O=C(NS(=O)(=O)C1CCN(C(=O)OCc2ccccc2)CC1)c1cc2ccccc2n1CCCc1ccccc1. The Hall–Kier alpha value is -4.11. The maximum Gasteiger partial charge on any atom is 0.410 e. The number of fused-ring (bicyclic) bond motifs is 1. The highest BCUT2D eigenvalue weighted by atomic mass is 32.2. The summed E-state index contributed by atoms with van der Waals surface area (Å²) in [6, 6.07) is 28.9. The van der Waals surface area contributed by atoms with Crippen LogP contribution in [0.4, 0.5) is 4.79 Å². The van der Waals surface area contributed by atoms with Crippen molar-refractivity contribution in [3.8, 4) is 0 Å². The van der Waals surface area contributed by atoms with Crippen LogP contribution in [0.2, 0.25) is 0 Å². The molecule has 1 aromatic heterocycles. The molecule has 2 amide bonds. The number of ether oxygens (including phenoxy) is 1. The Morgan fingerprint density at radius 3 is 2.17 bits per heavy atom. The van der Waals surface area contributed by atoms with Gasteiger partial charge < -0.3 is 14.2 Å². The Morgan fingerprint density at radius 1 is 0.850 bits per heavy atom. The molecule has 208 valence electrons. The molecule has 1 aliphatic heterocycles. The summed E-state index contributed by atoms with van der Waals surface area (Å²) in [5, 5.41) is 0.109. The van der Waals surface area contributed by atoms with E-state index in [1.54, 1.807) is 6.07 Å². The summed E-state index contributed by atoms with van der Waals surface area (Å²) in [5.74, 6) is -0.638. The van der Waals surface area contributed by atoms with Crippen molar-refractivity contribution in [2.45, 2.75) is 44.1 Å². The molecule has 4 aromatic rings. The van der Waals surface area contributed by atoms with Crippen molar-refractivity contribution in [2.24, 2.45) is 0 Å². The molecule has 5 rings (SSSR count). The Kier molecular flexibility index (Phi) is 8.50. The van der Waals surface area contributed by atoms with E-state index in [1.807, 2.05) is 77.4 Å². The van der Waals surface area contributed by atoms with Crippen molar-refractivity contribution in [1.82, 2.24) is 14.2 Å². The van der Waals surface area contributed by atoms with E-state index in [2.05, 4.69) is 16.9 Å². The number of aryl methyl sites for hydroxylation is 2. The summed E-state index contributed by atoms with van der Waals surface area (Å²) in [4.78, 5) is 27.3. The van der Waals surface area contributed by atoms with E-state index in [-0.39, 0.29) is 32.5 Å². The van der Waals surface area contributed by atoms with Gasteiger partial charge in [0.25, 0.3) is 5.91 Å². The molecule has 1 N–H and O–H groups in total. The molecule has 0 bridgehead atoms. The van der Waals surface area contributed by atoms with Crippen molar-refractivity contribution in [3.05, 3.63) is 108 Å². The Bertz CT molecular complexity index is 1560. The molecule has 1 aliphatic rings. The second-order valence-electron chi connectivity index (χ2n) is 10.0. The standard InChI is InChI=1S/C31H33N3O5S/c35-30(29-22-26-15-7-8-16-28(26)34(29)19-9-14-24-10-3-1-4-11-24)32-40(37,38)27-17-20-33(21-18-27)31(36)39-23-25-12-5-2-6-13-25/h1-8,10-13,15-16,22,27H,9,14,17-21,23H2,(H,32,35). The Balaban J connectivity index is 1.20. The summed E-state index contributed by atoms with van der Waals surface area (Å²) in [6.07, 6.45) is 1.63. The third kappa shape index (κ3) is 6.54. The number of carbonyl (C=O) groups is 2. The lowest BCUT2D eigenvalue weighted by molar-refractivity contribution is 0.0892. The van der Waals surface area contributed by atoms with Gasteiger partial charge in [-0.05, 0) is 48.9 Å². The first kappa shape index (κ1) is 27.5. The zero-order chi connectivity index (χ0) is 28.0. The number of para-hydroxylation sites is 1. The normalized spacial score (nSPS) is 14.2. The van der Waals surface area contributed by atoms with Crippen LogP contribution in [0.25, 0.3) is 10.9 Å². The molecule has 0 unspecified atom stereocenters. The van der Waals surface area contributed by atoms with Gasteiger partial charge in [-0.15, -0.1) is 0 Å². The molecule has 9 heteroatoms. The van der Waals surface area contributed by atoms with Crippen LogP contribution in [0.3, 0.4) is 0 Å². The molecule has 0 atom stereocenters. The van der Waals surface area contributed by atoms with Gasteiger partial charge in [-0.1, -0.05) is 78.9 Å². The first-order chi connectivity index (χ1) is 19.4. The highest BCUT2D eigenvalue weighted by Gasteiger charge is 2.34. The molecule has 8 nitrogen and oxygen atoms in total. The summed E-state index contributed by atoms with van der Waals surface area (Å²) < 4.78 is 36.0. The van der Waals surface area contributed by atoms with E-state index in [9.17, 15) is 18.0 Å². The molecule has 2 heterocycles. The van der Waals surface area contributed by atoms with Crippen LogP contribution in [0, 0.1) is 0 Å². The number of likely N-dealkylation sites (tertiary alicyclic amines) is 1. The number of carbonyl (C=O) groups excluding carboxylic acids is 2. The molecule has 40 heavy (non-hydrogen) atoms. The third-order valence-corrected chi connectivity index (χ3v) is 9.13. The third-order valence-electron chi connectivity index (χ3n) is 7.31. The summed E-state index contributed by atoms with van der Waals surface area (Å²) in [5.41, 5.74) is 3.30. The van der Waals surface area contributed by atoms with E-state index >= 15 is 0 Å². The fourth-order valence-corrected chi connectivity index (χ4v) is 6.51.